The second-order valence-electron chi connectivity index (χ2n) is 22.4. The Morgan fingerprint density at radius 1 is 0.576 bits per heavy atom. The summed E-state index contributed by atoms with van der Waals surface area (Å²) in [5.74, 6) is 0. The van der Waals surface area contributed by atoms with Crippen LogP contribution in [0, 0.1) is 0 Å². The van der Waals surface area contributed by atoms with Crippen molar-refractivity contribution >= 4 is 126 Å². The Hall–Kier alpha value is -5.82. The van der Waals surface area contributed by atoms with Crippen LogP contribution in [0.5, 0.6) is 0 Å². The van der Waals surface area contributed by atoms with Crippen LogP contribution in [0.25, 0.3) is 57.1 Å². The van der Waals surface area contributed by atoms with E-state index < -0.39 is 0 Å². The minimum atomic E-state index is -0.110. The summed E-state index contributed by atoms with van der Waals surface area (Å²) in [6.45, 7) is 19.8. The van der Waals surface area contributed by atoms with Crippen molar-refractivity contribution < 1.29 is 0 Å². The normalized spacial score (nSPS) is 19.6. The van der Waals surface area contributed by atoms with Crippen molar-refractivity contribution in [2.75, 3.05) is 9.80 Å². The molecule has 4 aliphatic rings. The first-order chi connectivity index (χ1) is 31.7. The number of hydrogen-bond donors (Lipinski definition) is 0. The van der Waals surface area contributed by atoms with Gasteiger partial charge >= 0.3 is 0 Å². The van der Waals surface area contributed by atoms with E-state index in [9.17, 15) is 0 Å². The molecule has 2 atom stereocenters. The third-order valence-corrected chi connectivity index (χ3v) is 19.1. The molecule has 324 valence electrons. The Morgan fingerprint density at radius 3 is 2.00 bits per heavy atom. The standard InChI is InChI=1S/C60H54BN3S2/c1-57(2,3)35-29-41-53-43(31-35)61-44-32-36(58(4,5)6)30-42-55(44)64(60(8)28-17-16-27-59(42,60)7)47-34-38(33-46(52(47)61)63(53)54-40-22-13-15-25-49(40)66-56(41)54)62(37-19-10-9-11-20-37)45-23-18-26-50-51(45)39-21-12-14-24-48(39)65-50/h9-15,18-26,29-34H,16-17,27-28H2,1-8H3. The third kappa shape index (κ3) is 4.94. The first kappa shape index (κ1) is 39.4. The molecule has 6 heterocycles. The van der Waals surface area contributed by atoms with Gasteiger partial charge in [-0.05, 0) is 118 Å². The highest BCUT2D eigenvalue weighted by Crippen LogP contribution is 2.62. The zero-order valence-corrected chi connectivity index (χ0v) is 40.9. The summed E-state index contributed by atoms with van der Waals surface area (Å²) >= 11 is 3.87. The van der Waals surface area contributed by atoms with Crippen molar-refractivity contribution in [3.8, 4) is 5.69 Å². The van der Waals surface area contributed by atoms with Gasteiger partial charge in [-0.1, -0.05) is 140 Å². The number of anilines is 5. The smallest absolute Gasteiger partial charge is 0.252 e. The van der Waals surface area contributed by atoms with E-state index in [4.69, 9.17) is 0 Å². The largest absolute Gasteiger partial charge is 0.335 e. The molecule has 1 aliphatic carbocycles. The van der Waals surface area contributed by atoms with Gasteiger partial charge in [-0.3, -0.25) is 0 Å². The molecule has 0 radical (unpaired) electrons. The fourth-order valence-electron chi connectivity index (χ4n) is 13.2. The lowest BCUT2D eigenvalue weighted by Gasteiger charge is -2.52. The van der Waals surface area contributed by atoms with Crippen LogP contribution < -0.4 is 26.2 Å². The van der Waals surface area contributed by atoms with Crippen LogP contribution in [0.15, 0.2) is 133 Å². The van der Waals surface area contributed by atoms with Gasteiger partial charge in [0.1, 0.15) is 0 Å². The highest BCUT2D eigenvalue weighted by molar-refractivity contribution is 7.27. The lowest BCUT2D eigenvalue weighted by atomic mass is 9.33. The average Bonchev–Trinajstić information content (AvgIpc) is 4.02. The van der Waals surface area contributed by atoms with E-state index in [0.717, 1.165) is 6.42 Å². The predicted molar refractivity (Wildman–Crippen MR) is 289 cm³/mol. The highest BCUT2D eigenvalue weighted by atomic mass is 32.1. The Morgan fingerprint density at radius 2 is 1.23 bits per heavy atom. The van der Waals surface area contributed by atoms with Crippen molar-refractivity contribution in [2.24, 2.45) is 0 Å². The van der Waals surface area contributed by atoms with Gasteiger partial charge in [-0.2, -0.15) is 0 Å². The first-order valence-corrected chi connectivity index (χ1v) is 25.8. The summed E-state index contributed by atoms with van der Waals surface area (Å²) < 4.78 is 8.12. The number of benzene rings is 7. The van der Waals surface area contributed by atoms with Gasteiger partial charge in [0.25, 0.3) is 6.71 Å². The molecular weight excluding hydrogens is 838 g/mol. The van der Waals surface area contributed by atoms with Crippen molar-refractivity contribution in [2.45, 2.75) is 103 Å². The van der Waals surface area contributed by atoms with Crippen LogP contribution >= 0.6 is 22.7 Å². The lowest BCUT2D eigenvalue weighted by molar-refractivity contribution is 0.195. The summed E-state index contributed by atoms with van der Waals surface area (Å²) in [5, 5.41) is 5.36. The third-order valence-electron chi connectivity index (χ3n) is 16.8. The van der Waals surface area contributed by atoms with Crippen LogP contribution in [0.4, 0.5) is 28.4 Å². The molecule has 14 rings (SSSR count). The molecule has 0 spiro atoms. The van der Waals surface area contributed by atoms with Gasteiger partial charge in [0.2, 0.25) is 0 Å². The number of para-hydroxylation sites is 1. The summed E-state index contributed by atoms with van der Waals surface area (Å²) in [6.07, 6.45) is 4.86. The molecule has 0 saturated heterocycles. The molecule has 3 aliphatic heterocycles. The Kier molecular flexibility index (Phi) is 7.75. The Bertz CT molecular complexity index is 3750. The van der Waals surface area contributed by atoms with E-state index in [1.807, 2.05) is 22.7 Å². The van der Waals surface area contributed by atoms with Gasteiger partial charge in [-0.15, -0.1) is 22.7 Å². The number of nitrogens with zero attached hydrogens (tertiary/aromatic N) is 3. The SMILES string of the molecule is CC(C)(C)c1cc2c3c(c1)C1(C)CCCCC1(C)N3c1cc(N(c3ccccc3)c3cccc4sc5ccccc5c34)cc3c1B2c1cc(C(C)(C)C)cc2c4sc5ccccc5c4n-3c12. The van der Waals surface area contributed by atoms with Crippen molar-refractivity contribution in [3.63, 3.8) is 0 Å². The summed E-state index contributed by atoms with van der Waals surface area (Å²) in [5.41, 5.74) is 19.2. The average molecular weight is 892 g/mol. The van der Waals surface area contributed by atoms with Gasteiger partial charge in [0, 0.05) is 63.8 Å². The second-order valence-corrected chi connectivity index (χ2v) is 24.6. The quantitative estimate of drug-likeness (QED) is 0.164. The fourth-order valence-corrected chi connectivity index (χ4v) is 15.6. The van der Waals surface area contributed by atoms with E-state index in [2.05, 4.69) is 203 Å². The number of hydrogen-bond acceptors (Lipinski definition) is 4. The predicted octanol–water partition coefficient (Wildman–Crippen LogP) is 15.3. The van der Waals surface area contributed by atoms with Crippen molar-refractivity contribution in [1.29, 1.82) is 0 Å². The van der Waals surface area contributed by atoms with E-state index >= 15 is 0 Å². The molecule has 1 saturated carbocycles. The molecule has 2 unspecified atom stereocenters. The molecule has 0 bridgehead atoms. The number of thiophene rings is 2. The number of aromatic nitrogens is 1. The van der Waals surface area contributed by atoms with Crippen LogP contribution in [0.3, 0.4) is 0 Å². The summed E-state index contributed by atoms with van der Waals surface area (Å²) in [4.78, 5) is 5.51. The Labute approximate surface area is 396 Å². The number of fused-ring (bicyclic) bond motifs is 15. The van der Waals surface area contributed by atoms with E-state index in [-0.39, 0.29) is 28.5 Å². The molecule has 0 N–H and O–H groups in total. The van der Waals surface area contributed by atoms with E-state index in [0.29, 0.717) is 0 Å². The van der Waals surface area contributed by atoms with Crippen molar-refractivity contribution in [1.82, 2.24) is 4.57 Å². The second kappa shape index (κ2) is 13.0. The lowest BCUT2D eigenvalue weighted by Crippen LogP contribution is -2.64. The number of rotatable bonds is 3. The molecule has 3 nitrogen and oxygen atoms in total. The van der Waals surface area contributed by atoms with Crippen LogP contribution in [0.2, 0.25) is 0 Å². The molecule has 66 heavy (non-hydrogen) atoms. The topological polar surface area (TPSA) is 11.4 Å². The molecule has 1 fully saturated rings. The minimum absolute atomic E-state index is 0.00460. The molecule has 6 heteroatoms. The zero-order chi connectivity index (χ0) is 44.8. The first-order valence-electron chi connectivity index (χ1n) is 24.2. The Balaban J connectivity index is 1.19. The molecular formula is C60H54BN3S2. The maximum atomic E-state index is 2.92. The zero-order valence-electron chi connectivity index (χ0n) is 39.3. The van der Waals surface area contributed by atoms with Crippen LogP contribution in [-0.2, 0) is 16.2 Å². The highest BCUT2D eigenvalue weighted by Gasteiger charge is 2.61. The van der Waals surface area contributed by atoms with Gasteiger partial charge < -0.3 is 14.4 Å². The van der Waals surface area contributed by atoms with Crippen LogP contribution in [-0.4, -0.2) is 16.8 Å². The van der Waals surface area contributed by atoms with Crippen molar-refractivity contribution in [3.05, 3.63) is 150 Å². The summed E-state index contributed by atoms with van der Waals surface area (Å²) in [6, 6.07) is 52.0. The monoisotopic (exact) mass is 891 g/mol. The maximum Gasteiger partial charge on any atom is 0.252 e. The molecule has 0 amide bonds. The molecule has 7 aromatic carbocycles. The maximum absolute atomic E-state index is 2.92. The minimum Gasteiger partial charge on any atom is -0.335 e. The molecule has 10 aromatic rings. The fraction of sp³-hybridized carbons (Fsp3) is 0.267. The van der Waals surface area contributed by atoms with Gasteiger partial charge in [-0.25, -0.2) is 0 Å². The van der Waals surface area contributed by atoms with E-state index in [1.165, 1.54) is 132 Å². The van der Waals surface area contributed by atoms with Crippen LogP contribution in [0.1, 0.15) is 97.8 Å². The van der Waals surface area contributed by atoms with E-state index in [1.54, 1.807) is 5.56 Å². The van der Waals surface area contributed by atoms with Gasteiger partial charge in [0.05, 0.1) is 32.6 Å². The van der Waals surface area contributed by atoms with Gasteiger partial charge in [0.15, 0.2) is 0 Å². The molecule has 3 aromatic heterocycles. The summed E-state index contributed by atoms with van der Waals surface area (Å²) in [7, 11) is 0.